The maximum Gasteiger partial charge on any atom is 0.138 e. The first-order valence-corrected chi connectivity index (χ1v) is 17.6. The summed E-state index contributed by atoms with van der Waals surface area (Å²) in [5.74, 6) is 3.24. The van der Waals surface area contributed by atoms with Gasteiger partial charge in [0.25, 0.3) is 0 Å². The molecule has 4 aromatic heterocycles. The Bertz CT molecular complexity index is 2570. The average molecular weight is 683 g/mol. The fourth-order valence-corrected chi connectivity index (χ4v) is 7.18. The van der Waals surface area contributed by atoms with Gasteiger partial charge in [-0.05, 0) is 124 Å². The largest absolute Gasteiger partial charge is 0.279 e. The van der Waals surface area contributed by atoms with Crippen molar-refractivity contribution in [3.8, 4) is 22.3 Å². The van der Waals surface area contributed by atoms with Gasteiger partial charge in [-0.2, -0.15) is 0 Å². The molecular formula is C47H34N6. The number of nitrogens with zero attached hydrogens (tertiary/aromatic N) is 6. The van der Waals surface area contributed by atoms with Crippen LogP contribution in [0.3, 0.4) is 0 Å². The first-order valence-electron chi connectivity index (χ1n) is 17.6. The lowest BCUT2D eigenvalue weighted by Gasteiger charge is -2.24. The summed E-state index contributed by atoms with van der Waals surface area (Å²) in [6.07, 6.45) is 7.25. The van der Waals surface area contributed by atoms with E-state index in [-0.39, 0.29) is 0 Å². The Balaban J connectivity index is 1.18. The number of aryl methyl sites for hydroxylation is 1. The molecule has 0 fully saturated rings. The third-order valence-electron chi connectivity index (χ3n) is 9.52. The molecule has 0 spiro atoms. The van der Waals surface area contributed by atoms with E-state index in [4.69, 9.17) is 0 Å². The highest BCUT2D eigenvalue weighted by Gasteiger charge is 2.20. The molecule has 0 aliphatic rings. The minimum atomic E-state index is 0.809. The van der Waals surface area contributed by atoms with Crippen LogP contribution in [-0.4, -0.2) is 19.9 Å². The first kappa shape index (κ1) is 31.8. The van der Waals surface area contributed by atoms with Gasteiger partial charge in [0.15, 0.2) is 0 Å². The van der Waals surface area contributed by atoms with Gasteiger partial charge in [0, 0.05) is 36.2 Å². The maximum absolute atomic E-state index is 4.67. The van der Waals surface area contributed by atoms with Crippen LogP contribution >= 0.6 is 0 Å². The fraction of sp³-hybridized carbons (Fsp3) is 0.0213. The van der Waals surface area contributed by atoms with Crippen LogP contribution in [0.4, 0.5) is 34.6 Å². The first-order chi connectivity index (χ1) is 26.2. The number of rotatable bonds is 8. The van der Waals surface area contributed by atoms with Crippen molar-refractivity contribution in [1.29, 1.82) is 0 Å². The van der Waals surface area contributed by atoms with Crippen LogP contribution in [0, 0.1) is 6.92 Å². The minimum absolute atomic E-state index is 0.809. The smallest absolute Gasteiger partial charge is 0.138 e. The van der Waals surface area contributed by atoms with E-state index in [2.05, 4.69) is 128 Å². The maximum atomic E-state index is 4.67. The Labute approximate surface area is 308 Å². The summed E-state index contributed by atoms with van der Waals surface area (Å²) >= 11 is 0. The summed E-state index contributed by atoms with van der Waals surface area (Å²) < 4.78 is 0. The number of benzene rings is 5. The molecule has 0 saturated heterocycles. The van der Waals surface area contributed by atoms with E-state index >= 15 is 0 Å². The van der Waals surface area contributed by atoms with Crippen molar-refractivity contribution in [2.75, 3.05) is 9.80 Å². The summed E-state index contributed by atoms with van der Waals surface area (Å²) in [4.78, 5) is 22.8. The minimum Gasteiger partial charge on any atom is -0.279 e. The van der Waals surface area contributed by atoms with Gasteiger partial charge in [-0.25, -0.2) is 19.9 Å². The van der Waals surface area contributed by atoms with E-state index in [0.717, 1.165) is 45.8 Å². The molecule has 0 radical (unpaired) electrons. The number of anilines is 6. The van der Waals surface area contributed by atoms with Gasteiger partial charge in [-0.3, -0.25) is 9.80 Å². The van der Waals surface area contributed by atoms with Crippen LogP contribution < -0.4 is 9.80 Å². The van der Waals surface area contributed by atoms with Crippen LogP contribution in [0.25, 0.3) is 43.8 Å². The van der Waals surface area contributed by atoms with Gasteiger partial charge in [0.05, 0.1) is 0 Å². The van der Waals surface area contributed by atoms with Crippen LogP contribution in [0.15, 0.2) is 189 Å². The van der Waals surface area contributed by atoms with Gasteiger partial charge in [0.2, 0.25) is 0 Å². The molecule has 6 nitrogen and oxygen atoms in total. The molecule has 0 bridgehead atoms. The van der Waals surface area contributed by atoms with Crippen molar-refractivity contribution in [3.05, 3.63) is 194 Å². The molecule has 0 N–H and O–H groups in total. The highest BCUT2D eigenvalue weighted by Crippen LogP contribution is 2.45. The number of aromatic nitrogens is 4. The van der Waals surface area contributed by atoms with E-state index in [1.165, 1.54) is 38.2 Å². The van der Waals surface area contributed by atoms with Crippen LogP contribution in [0.2, 0.25) is 0 Å². The van der Waals surface area contributed by atoms with Gasteiger partial charge >= 0.3 is 0 Å². The lowest BCUT2D eigenvalue weighted by Crippen LogP contribution is -2.12. The Morgan fingerprint density at radius 1 is 0.340 bits per heavy atom. The summed E-state index contributed by atoms with van der Waals surface area (Å²) in [5.41, 5.74) is 7.89. The van der Waals surface area contributed by atoms with Gasteiger partial charge in [0.1, 0.15) is 23.3 Å². The third-order valence-corrected chi connectivity index (χ3v) is 9.52. The van der Waals surface area contributed by atoms with Crippen molar-refractivity contribution in [2.45, 2.75) is 6.92 Å². The highest BCUT2D eigenvalue weighted by molar-refractivity contribution is 6.21. The van der Waals surface area contributed by atoms with Crippen LogP contribution in [-0.2, 0) is 0 Å². The van der Waals surface area contributed by atoms with Crippen molar-refractivity contribution in [3.63, 3.8) is 0 Å². The van der Waals surface area contributed by atoms with Crippen molar-refractivity contribution in [2.24, 2.45) is 0 Å². The number of pyridine rings is 4. The molecule has 0 saturated carbocycles. The Morgan fingerprint density at radius 2 is 0.698 bits per heavy atom. The Kier molecular flexibility index (Phi) is 8.31. The van der Waals surface area contributed by atoms with E-state index < -0.39 is 0 Å². The van der Waals surface area contributed by atoms with Crippen LogP contribution in [0.1, 0.15) is 5.56 Å². The summed E-state index contributed by atoms with van der Waals surface area (Å²) in [5, 5.41) is 4.82. The molecule has 6 heteroatoms. The number of fused-ring (bicyclic) bond motifs is 2. The Morgan fingerprint density at radius 3 is 1.08 bits per heavy atom. The lowest BCUT2D eigenvalue weighted by atomic mass is 9.85. The second-order valence-electron chi connectivity index (χ2n) is 12.9. The molecule has 0 atom stereocenters. The standard InChI is InChI=1S/C47H34N6/c1-33-18-27-40-41(32-33)47(35-21-25-37(26-22-35)53(44-16-6-10-30-50-44)45-17-7-11-31-51-45)39-13-3-2-12-38(39)46(40)34-19-23-36(24-20-34)52(42-14-4-8-28-48-42)43-15-5-9-29-49-43/h2-32H,1H3. The molecule has 53 heavy (non-hydrogen) atoms. The predicted octanol–water partition coefficient (Wildman–Crippen LogP) is 12.2. The predicted molar refractivity (Wildman–Crippen MR) is 218 cm³/mol. The molecule has 0 amide bonds. The normalized spacial score (nSPS) is 11.1. The second kappa shape index (κ2) is 13.9. The molecule has 9 rings (SSSR count). The Hall–Kier alpha value is -7.18. The molecule has 252 valence electrons. The molecule has 0 aliphatic carbocycles. The van der Waals surface area contributed by atoms with E-state index in [1.807, 2.05) is 97.6 Å². The van der Waals surface area contributed by atoms with E-state index in [0.29, 0.717) is 0 Å². The lowest BCUT2D eigenvalue weighted by molar-refractivity contribution is 1.12. The van der Waals surface area contributed by atoms with Crippen molar-refractivity contribution in [1.82, 2.24) is 19.9 Å². The summed E-state index contributed by atoms with van der Waals surface area (Å²) in [7, 11) is 0. The molecule has 5 aromatic carbocycles. The fourth-order valence-electron chi connectivity index (χ4n) is 7.18. The van der Waals surface area contributed by atoms with E-state index in [1.54, 1.807) is 0 Å². The third kappa shape index (κ3) is 6.02. The molecular weight excluding hydrogens is 649 g/mol. The zero-order valence-electron chi connectivity index (χ0n) is 29.1. The zero-order valence-corrected chi connectivity index (χ0v) is 29.1. The van der Waals surface area contributed by atoms with Crippen LogP contribution in [0.5, 0.6) is 0 Å². The molecule has 9 aromatic rings. The van der Waals surface area contributed by atoms with Crippen molar-refractivity contribution >= 4 is 56.2 Å². The average Bonchev–Trinajstić information content (AvgIpc) is 3.22. The van der Waals surface area contributed by atoms with Crippen molar-refractivity contribution < 1.29 is 0 Å². The molecule has 4 heterocycles. The monoisotopic (exact) mass is 682 g/mol. The summed E-state index contributed by atoms with van der Waals surface area (Å²) in [6.45, 7) is 2.16. The second-order valence-corrected chi connectivity index (χ2v) is 12.9. The SMILES string of the molecule is Cc1ccc2c(-c3ccc(N(c4ccccn4)c4ccccn4)cc3)c3ccccc3c(-c3ccc(N(c4ccccn4)c4ccccn4)cc3)c2c1. The zero-order chi connectivity index (χ0) is 35.6. The molecule has 0 unspecified atom stereocenters. The van der Waals surface area contributed by atoms with E-state index in [9.17, 15) is 0 Å². The molecule has 0 aliphatic heterocycles. The van der Waals surface area contributed by atoms with Gasteiger partial charge in [-0.15, -0.1) is 0 Å². The van der Waals surface area contributed by atoms with Gasteiger partial charge < -0.3 is 0 Å². The quantitative estimate of drug-likeness (QED) is 0.149. The number of hydrogen-bond donors (Lipinski definition) is 0. The van der Waals surface area contributed by atoms with Gasteiger partial charge in [-0.1, -0.05) is 96.6 Å². The highest BCUT2D eigenvalue weighted by atomic mass is 15.2. The topological polar surface area (TPSA) is 58.0 Å². The summed E-state index contributed by atoms with van der Waals surface area (Å²) in [6, 6.07) is 56.8. The number of hydrogen-bond acceptors (Lipinski definition) is 6.